The molecule has 0 aliphatic heterocycles. The van der Waals surface area contributed by atoms with E-state index in [1.54, 1.807) is 13.3 Å². The fourth-order valence-corrected chi connectivity index (χ4v) is 1.93. The van der Waals surface area contributed by atoms with E-state index in [0.29, 0.717) is 6.04 Å². The van der Waals surface area contributed by atoms with E-state index in [2.05, 4.69) is 10.3 Å². The van der Waals surface area contributed by atoms with Crippen LogP contribution in [0.15, 0.2) is 42.6 Å². The van der Waals surface area contributed by atoms with Gasteiger partial charge in [0.2, 0.25) is 0 Å². The van der Waals surface area contributed by atoms with E-state index < -0.39 is 0 Å². The molecule has 0 unspecified atom stereocenters. The number of ether oxygens (including phenoxy) is 2. The second-order valence-electron chi connectivity index (χ2n) is 4.92. The fourth-order valence-electron chi connectivity index (χ4n) is 1.93. The van der Waals surface area contributed by atoms with Crippen LogP contribution >= 0.6 is 0 Å². The molecule has 0 amide bonds. The smallest absolute Gasteiger partial charge is 0.130 e. The van der Waals surface area contributed by atoms with Crippen molar-refractivity contribution in [3.63, 3.8) is 0 Å². The maximum atomic E-state index is 5.82. The van der Waals surface area contributed by atoms with Gasteiger partial charge in [-0.25, -0.2) is 0 Å². The van der Waals surface area contributed by atoms with Gasteiger partial charge in [0.15, 0.2) is 0 Å². The van der Waals surface area contributed by atoms with Crippen LogP contribution in [0.1, 0.15) is 18.5 Å². The molecule has 0 atom stereocenters. The molecule has 104 valence electrons. The Kier molecular flexibility index (Phi) is 3.83. The van der Waals surface area contributed by atoms with Gasteiger partial charge in [-0.15, -0.1) is 0 Å². The molecule has 0 saturated heterocycles. The van der Waals surface area contributed by atoms with E-state index in [0.717, 1.165) is 29.5 Å². The minimum Gasteiger partial charge on any atom is -0.497 e. The SMILES string of the molecule is COc1ccc(Oc2ccnc(CNC3CC3)c2)cc1. The lowest BCUT2D eigenvalue weighted by atomic mass is 10.3. The molecule has 1 fully saturated rings. The summed E-state index contributed by atoms with van der Waals surface area (Å²) >= 11 is 0. The summed E-state index contributed by atoms with van der Waals surface area (Å²) in [6.45, 7) is 0.796. The monoisotopic (exact) mass is 270 g/mol. The first kappa shape index (κ1) is 12.9. The molecule has 1 aliphatic carbocycles. The molecule has 2 aromatic rings. The summed E-state index contributed by atoms with van der Waals surface area (Å²) < 4.78 is 10.9. The van der Waals surface area contributed by atoms with Crippen LogP contribution in [0.3, 0.4) is 0 Å². The quantitative estimate of drug-likeness (QED) is 0.875. The maximum absolute atomic E-state index is 5.82. The van der Waals surface area contributed by atoms with Gasteiger partial charge in [0.1, 0.15) is 17.2 Å². The Morgan fingerprint density at radius 1 is 1.10 bits per heavy atom. The van der Waals surface area contributed by atoms with Crippen molar-refractivity contribution in [2.75, 3.05) is 7.11 Å². The van der Waals surface area contributed by atoms with E-state index in [1.807, 2.05) is 36.4 Å². The summed E-state index contributed by atoms with van der Waals surface area (Å²) in [4.78, 5) is 4.35. The molecular weight excluding hydrogens is 252 g/mol. The standard InChI is InChI=1S/C16H18N2O2/c1-19-14-4-6-15(7-5-14)20-16-8-9-17-13(10-16)11-18-12-2-3-12/h4-10,12,18H,2-3,11H2,1H3. The van der Waals surface area contributed by atoms with Gasteiger partial charge >= 0.3 is 0 Å². The zero-order chi connectivity index (χ0) is 13.8. The third-order valence-corrected chi connectivity index (χ3v) is 3.23. The van der Waals surface area contributed by atoms with Gasteiger partial charge in [0.25, 0.3) is 0 Å². The third kappa shape index (κ3) is 3.48. The second-order valence-corrected chi connectivity index (χ2v) is 4.92. The second kappa shape index (κ2) is 5.92. The van der Waals surface area contributed by atoms with Gasteiger partial charge in [0.05, 0.1) is 12.8 Å². The number of nitrogens with zero attached hydrogens (tertiary/aromatic N) is 1. The van der Waals surface area contributed by atoms with E-state index in [1.165, 1.54) is 12.8 Å². The van der Waals surface area contributed by atoms with Crippen LogP contribution in [-0.4, -0.2) is 18.1 Å². The van der Waals surface area contributed by atoms with Gasteiger partial charge in [-0.1, -0.05) is 0 Å². The summed E-state index contributed by atoms with van der Waals surface area (Å²) in [6, 6.07) is 12.1. The van der Waals surface area contributed by atoms with E-state index >= 15 is 0 Å². The van der Waals surface area contributed by atoms with Crippen LogP contribution in [0.2, 0.25) is 0 Å². The summed E-state index contributed by atoms with van der Waals surface area (Å²) in [6.07, 6.45) is 4.34. The Morgan fingerprint density at radius 3 is 2.55 bits per heavy atom. The lowest BCUT2D eigenvalue weighted by molar-refractivity contribution is 0.413. The Balaban J connectivity index is 1.64. The fraction of sp³-hybridized carbons (Fsp3) is 0.312. The molecule has 20 heavy (non-hydrogen) atoms. The zero-order valence-corrected chi connectivity index (χ0v) is 11.5. The highest BCUT2D eigenvalue weighted by Gasteiger charge is 2.20. The van der Waals surface area contributed by atoms with Crippen LogP contribution in [0.25, 0.3) is 0 Å². The number of aromatic nitrogens is 1. The van der Waals surface area contributed by atoms with Gasteiger partial charge in [-0.05, 0) is 43.2 Å². The number of hydrogen-bond acceptors (Lipinski definition) is 4. The average Bonchev–Trinajstić information content (AvgIpc) is 3.31. The highest BCUT2D eigenvalue weighted by molar-refractivity contribution is 5.35. The molecule has 1 N–H and O–H groups in total. The zero-order valence-electron chi connectivity index (χ0n) is 11.5. The van der Waals surface area contributed by atoms with Crippen molar-refractivity contribution >= 4 is 0 Å². The molecule has 1 saturated carbocycles. The molecular formula is C16H18N2O2. The topological polar surface area (TPSA) is 43.4 Å². The number of methoxy groups -OCH3 is 1. The van der Waals surface area contributed by atoms with Crippen molar-refractivity contribution in [2.24, 2.45) is 0 Å². The van der Waals surface area contributed by atoms with Crippen molar-refractivity contribution in [1.29, 1.82) is 0 Å². The van der Waals surface area contributed by atoms with Crippen LogP contribution in [0.4, 0.5) is 0 Å². The normalized spacial score (nSPS) is 14.1. The van der Waals surface area contributed by atoms with E-state index in [-0.39, 0.29) is 0 Å². The van der Waals surface area contributed by atoms with Crippen molar-refractivity contribution in [1.82, 2.24) is 10.3 Å². The summed E-state index contributed by atoms with van der Waals surface area (Å²) in [5.74, 6) is 2.41. The minimum atomic E-state index is 0.683. The minimum absolute atomic E-state index is 0.683. The summed E-state index contributed by atoms with van der Waals surface area (Å²) in [5, 5.41) is 3.44. The Labute approximate surface area is 118 Å². The van der Waals surface area contributed by atoms with Gasteiger partial charge in [-0.3, -0.25) is 4.98 Å². The van der Waals surface area contributed by atoms with Crippen LogP contribution in [-0.2, 0) is 6.54 Å². The van der Waals surface area contributed by atoms with Crippen molar-refractivity contribution in [3.8, 4) is 17.2 Å². The Bertz CT molecular complexity index is 565. The lowest BCUT2D eigenvalue weighted by Gasteiger charge is -2.08. The molecule has 0 bridgehead atoms. The van der Waals surface area contributed by atoms with E-state index in [4.69, 9.17) is 9.47 Å². The highest BCUT2D eigenvalue weighted by atomic mass is 16.5. The molecule has 0 spiro atoms. The molecule has 1 heterocycles. The van der Waals surface area contributed by atoms with Crippen LogP contribution in [0, 0.1) is 0 Å². The largest absolute Gasteiger partial charge is 0.497 e. The first-order valence-electron chi connectivity index (χ1n) is 6.84. The van der Waals surface area contributed by atoms with Gasteiger partial charge in [0, 0.05) is 24.8 Å². The summed E-state index contributed by atoms with van der Waals surface area (Å²) in [5.41, 5.74) is 1.00. The molecule has 4 heteroatoms. The Hall–Kier alpha value is -2.07. The molecule has 3 rings (SSSR count). The molecule has 1 aromatic carbocycles. The van der Waals surface area contributed by atoms with Crippen molar-refractivity contribution < 1.29 is 9.47 Å². The maximum Gasteiger partial charge on any atom is 0.130 e. The van der Waals surface area contributed by atoms with Gasteiger partial charge < -0.3 is 14.8 Å². The molecule has 1 aromatic heterocycles. The van der Waals surface area contributed by atoms with Crippen LogP contribution < -0.4 is 14.8 Å². The number of pyridine rings is 1. The summed E-state index contributed by atoms with van der Waals surface area (Å²) in [7, 11) is 1.65. The first-order valence-corrected chi connectivity index (χ1v) is 6.84. The predicted octanol–water partition coefficient (Wildman–Crippen LogP) is 3.13. The van der Waals surface area contributed by atoms with Crippen molar-refractivity contribution in [3.05, 3.63) is 48.3 Å². The van der Waals surface area contributed by atoms with Crippen LogP contribution in [0.5, 0.6) is 17.2 Å². The lowest BCUT2D eigenvalue weighted by Crippen LogP contribution is -2.16. The molecule has 4 nitrogen and oxygen atoms in total. The molecule has 0 radical (unpaired) electrons. The third-order valence-electron chi connectivity index (χ3n) is 3.23. The van der Waals surface area contributed by atoms with E-state index in [9.17, 15) is 0 Å². The Morgan fingerprint density at radius 2 is 1.85 bits per heavy atom. The number of benzene rings is 1. The highest BCUT2D eigenvalue weighted by Crippen LogP contribution is 2.24. The molecule has 1 aliphatic rings. The predicted molar refractivity (Wildman–Crippen MR) is 77.2 cm³/mol. The number of nitrogens with one attached hydrogen (secondary N) is 1. The van der Waals surface area contributed by atoms with Gasteiger partial charge in [-0.2, -0.15) is 0 Å². The number of hydrogen-bond donors (Lipinski definition) is 1. The van der Waals surface area contributed by atoms with Crippen molar-refractivity contribution in [2.45, 2.75) is 25.4 Å². The average molecular weight is 270 g/mol. The first-order chi connectivity index (χ1) is 9.83. The number of rotatable bonds is 6.